The number of halogens is 3. The summed E-state index contributed by atoms with van der Waals surface area (Å²) in [5.41, 5.74) is 2.11. The number of nitrogens with zero attached hydrogens (tertiary/aromatic N) is 2. The van der Waals surface area contributed by atoms with Gasteiger partial charge in [0.15, 0.2) is 0 Å². The lowest BCUT2D eigenvalue weighted by Crippen LogP contribution is -2.45. The molecule has 5 rings (SSSR count). The smallest absolute Gasteiger partial charge is 0.466 e. The molecule has 0 amide bonds. The lowest BCUT2D eigenvalue weighted by Gasteiger charge is -2.46. The first-order valence-electron chi connectivity index (χ1n) is 13.7. The fourth-order valence-corrected chi connectivity index (χ4v) is 6.08. The predicted molar refractivity (Wildman–Crippen MR) is 146 cm³/mol. The molecular weight excluding hydrogens is 523 g/mol. The molecule has 3 aromatic rings. The summed E-state index contributed by atoms with van der Waals surface area (Å²) in [7, 11) is 0. The number of imidazole rings is 1. The fourth-order valence-electron chi connectivity index (χ4n) is 6.08. The van der Waals surface area contributed by atoms with Crippen LogP contribution < -0.4 is 10.1 Å². The van der Waals surface area contributed by atoms with Gasteiger partial charge < -0.3 is 24.1 Å². The van der Waals surface area contributed by atoms with Gasteiger partial charge in [0.1, 0.15) is 5.75 Å². The van der Waals surface area contributed by atoms with Crippen LogP contribution in [-0.4, -0.2) is 39.7 Å². The van der Waals surface area contributed by atoms with E-state index in [0.717, 1.165) is 42.3 Å². The van der Waals surface area contributed by atoms with Crippen molar-refractivity contribution in [2.75, 3.05) is 11.9 Å². The Balaban J connectivity index is 1.50. The Hall–Kier alpha value is -3.27. The highest BCUT2D eigenvalue weighted by Crippen LogP contribution is 2.50. The minimum atomic E-state index is -4.75. The Bertz CT molecular complexity index is 1380. The third-order valence-electron chi connectivity index (χ3n) is 7.57. The summed E-state index contributed by atoms with van der Waals surface area (Å²) in [6.45, 7) is 10.5. The molecule has 1 aliphatic heterocycles. The van der Waals surface area contributed by atoms with E-state index in [9.17, 15) is 18.0 Å². The van der Waals surface area contributed by atoms with Crippen molar-refractivity contribution in [3.63, 3.8) is 0 Å². The standard InChI is InChI=1S/C30H36F3N3O4/c1-6-38-25(37)29(13-14-29)16-19-7-12-24-23(15-19)35-26(34-20-8-10-22(11-9-20)39-30(31,32)33)36(24)21-17-27(2,3)40-28(4,5)18-21/h7-12,15,21H,6,13-14,16-18H2,1-5H3,(H,34,35). The van der Waals surface area contributed by atoms with Crippen LogP contribution in [0.3, 0.4) is 0 Å². The first kappa shape index (κ1) is 28.3. The van der Waals surface area contributed by atoms with Crippen molar-refractivity contribution in [1.29, 1.82) is 0 Å². The summed E-state index contributed by atoms with van der Waals surface area (Å²) in [5, 5.41) is 3.32. The topological polar surface area (TPSA) is 74.6 Å². The van der Waals surface area contributed by atoms with E-state index in [-0.39, 0.29) is 29.0 Å². The third-order valence-corrected chi connectivity index (χ3v) is 7.57. The molecule has 2 heterocycles. The Morgan fingerprint density at radius 2 is 1.73 bits per heavy atom. The second-order valence-corrected chi connectivity index (χ2v) is 12.2. The van der Waals surface area contributed by atoms with E-state index < -0.39 is 11.8 Å². The van der Waals surface area contributed by atoms with Gasteiger partial charge in [-0.25, -0.2) is 4.98 Å². The number of benzene rings is 2. The van der Waals surface area contributed by atoms with E-state index in [4.69, 9.17) is 14.5 Å². The number of anilines is 2. The molecule has 1 saturated heterocycles. The van der Waals surface area contributed by atoms with Crippen LogP contribution in [0.25, 0.3) is 11.0 Å². The monoisotopic (exact) mass is 559 g/mol. The molecule has 40 heavy (non-hydrogen) atoms. The highest BCUT2D eigenvalue weighted by atomic mass is 19.4. The SMILES string of the molecule is CCOC(=O)C1(Cc2ccc3c(c2)nc(Nc2ccc(OC(F)(F)F)cc2)n3C2CC(C)(C)OC(C)(C)C2)CC1. The third kappa shape index (κ3) is 6.22. The maximum atomic E-state index is 12.6. The molecule has 2 aromatic carbocycles. The average molecular weight is 560 g/mol. The van der Waals surface area contributed by atoms with Crippen LogP contribution in [0.5, 0.6) is 5.75 Å². The van der Waals surface area contributed by atoms with Crippen LogP contribution in [0.15, 0.2) is 42.5 Å². The summed E-state index contributed by atoms with van der Waals surface area (Å²) in [4.78, 5) is 17.5. The molecule has 0 unspecified atom stereocenters. The Morgan fingerprint density at radius 3 is 2.30 bits per heavy atom. The molecule has 0 atom stereocenters. The molecule has 2 aliphatic rings. The quantitative estimate of drug-likeness (QED) is 0.289. The highest BCUT2D eigenvalue weighted by Gasteiger charge is 2.51. The molecule has 0 spiro atoms. The largest absolute Gasteiger partial charge is 0.573 e. The number of rotatable bonds is 8. The van der Waals surface area contributed by atoms with Gasteiger partial charge in [0.25, 0.3) is 0 Å². The number of hydrogen-bond acceptors (Lipinski definition) is 6. The Kier molecular flexibility index (Phi) is 7.05. The van der Waals surface area contributed by atoms with Crippen molar-refractivity contribution in [2.45, 2.75) is 90.3 Å². The summed E-state index contributed by atoms with van der Waals surface area (Å²) in [6, 6.07) is 11.8. The molecule has 10 heteroatoms. The summed E-state index contributed by atoms with van der Waals surface area (Å²) in [6.07, 6.45) is -1.03. The van der Waals surface area contributed by atoms with Gasteiger partial charge in [-0.15, -0.1) is 13.2 Å². The molecule has 1 N–H and O–H groups in total. The van der Waals surface area contributed by atoms with Gasteiger partial charge in [0.05, 0.1) is 34.3 Å². The minimum Gasteiger partial charge on any atom is -0.466 e. The number of alkyl halides is 3. The van der Waals surface area contributed by atoms with Crippen molar-refractivity contribution in [2.24, 2.45) is 5.41 Å². The number of esters is 1. The van der Waals surface area contributed by atoms with Gasteiger partial charge >= 0.3 is 12.3 Å². The van der Waals surface area contributed by atoms with Crippen LogP contribution in [-0.2, 0) is 20.7 Å². The van der Waals surface area contributed by atoms with E-state index in [0.29, 0.717) is 24.7 Å². The molecule has 1 aromatic heterocycles. The number of carbonyl (C=O) groups is 1. The highest BCUT2D eigenvalue weighted by molar-refractivity contribution is 5.83. The van der Waals surface area contributed by atoms with Crippen LogP contribution >= 0.6 is 0 Å². The second-order valence-electron chi connectivity index (χ2n) is 12.2. The van der Waals surface area contributed by atoms with Crippen LogP contribution in [0.1, 0.15) is 71.9 Å². The zero-order valence-corrected chi connectivity index (χ0v) is 23.5. The first-order chi connectivity index (χ1) is 18.7. The fraction of sp³-hybridized carbons (Fsp3) is 0.533. The number of hydrogen-bond donors (Lipinski definition) is 1. The second kappa shape index (κ2) is 9.98. The summed E-state index contributed by atoms with van der Waals surface area (Å²) < 4.78 is 55.7. The molecule has 7 nitrogen and oxygen atoms in total. The van der Waals surface area contributed by atoms with Crippen molar-refractivity contribution >= 4 is 28.6 Å². The van der Waals surface area contributed by atoms with Crippen LogP contribution in [0.4, 0.5) is 24.8 Å². The minimum absolute atomic E-state index is 0.0549. The van der Waals surface area contributed by atoms with E-state index in [1.165, 1.54) is 24.3 Å². The maximum Gasteiger partial charge on any atom is 0.573 e. The average Bonchev–Trinajstić information content (AvgIpc) is 3.51. The number of fused-ring (bicyclic) bond motifs is 1. The lowest BCUT2D eigenvalue weighted by molar-refractivity contribution is -0.274. The maximum absolute atomic E-state index is 12.6. The van der Waals surface area contributed by atoms with Crippen molar-refractivity contribution in [3.8, 4) is 5.75 Å². The van der Waals surface area contributed by atoms with Crippen LogP contribution in [0.2, 0.25) is 0 Å². The van der Waals surface area contributed by atoms with E-state index in [1.54, 1.807) is 0 Å². The number of nitrogens with one attached hydrogen (secondary N) is 1. The zero-order valence-electron chi connectivity index (χ0n) is 23.5. The van der Waals surface area contributed by atoms with Gasteiger partial charge in [-0.3, -0.25) is 4.79 Å². The molecule has 0 bridgehead atoms. The summed E-state index contributed by atoms with van der Waals surface area (Å²) in [5.74, 6) is 0.147. The molecule has 1 saturated carbocycles. The first-order valence-corrected chi connectivity index (χ1v) is 13.7. The molecule has 1 aliphatic carbocycles. The number of ether oxygens (including phenoxy) is 3. The lowest BCUT2D eigenvalue weighted by atomic mass is 9.85. The molecule has 0 radical (unpaired) electrons. The van der Waals surface area contributed by atoms with E-state index >= 15 is 0 Å². The van der Waals surface area contributed by atoms with Gasteiger partial charge in [-0.05, 0) is 109 Å². The van der Waals surface area contributed by atoms with Gasteiger partial charge in [-0.1, -0.05) is 6.07 Å². The molecular formula is C30H36F3N3O4. The van der Waals surface area contributed by atoms with Crippen LogP contribution in [0, 0.1) is 5.41 Å². The van der Waals surface area contributed by atoms with Crippen molar-refractivity contribution in [1.82, 2.24) is 9.55 Å². The zero-order chi connectivity index (χ0) is 28.9. The summed E-state index contributed by atoms with van der Waals surface area (Å²) >= 11 is 0. The van der Waals surface area contributed by atoms with E-state index in [2.05, 4.69) is 42.3 Å². The van der Waals surface area contributed by atoms with E-state index in [1.807, 2.05) is 25.1 Å². The van der Waals surface area contributed by atoms with Gasteiger partial charge in [0.2, 0.25) is 5.95 Å². The van der Waals surface area contributed by atoms with Crippen molar-refractivity contribution in [3.05, 3.63) is 48.0 Å². The number of carbonyl (C=O) groups excluding carboxylic acids is 1. The van der Waals surface area contributed by atoms with Gasteiger partial charge in [-0.2, -0.15) is 0 Å². The predicted octanol–water partition coefficient (Wildman–Crippen LogP) is 7.47. The molecule has 216 valence electrons. The number of aromatic nitrogens is 2. The molecule has 2 fully saturated rings. The Labute approximate surface area is 232 Å². The van der Waals surface area contributed by atoms with Crippen molar-refractivity contribution < 1.29 is 32.2 Å². The Morgan fingerprint density at radius 1 is 1.07 bits per heavy atom. The van der Waals surface area contributed by atoms with Gasteiger partial charge in [0, 0.05) is 11.7 Å². The normalized spacial score (nSPS) is 19.8.